The Hall–Kier alpha value is -1.40. The molecule has 0 saturated heterocycles. The van der Waals surface area contributed by atoms with E-state index in [1.165, 1.54) is 0 Å². The predicted molar refractivity (Wildman–Crippen MR) is 81.8 cm³/mol. The Labute approximate surface area is 127 Å². The average molecular weight is 339 g/mol. The Bertz CT molecular complexity index is 551. The molecule has 20 heavy (non-hydrogen) atoms. The van der Waals surface area contributed by atoms with Crippen LogP contribution in [0.15, 0.2) is 29.1 Å². The summed E-state index contributed by atoms with van der Waals surface area (Å²) in [4.78, 5) is 4.12. The van der Waals surface area contributed by atoms with Crippen molar-refractivity contribution in [3.63, 3.8) is 0 Å². The zero-order valence-electron chi connectivity index (χ0n) is 11.9. The Morgan fingerprint density at radius 1 is 1.45 bits per heavy atom. The Kier molecular flexibility index (Phi) is 5.14. The molecule has 2 heterocycles. The van der Waals surface area contributed by atoms with Crippen molar-refractivity contribution < 1.29 is 4.74 Å². The van der Waals surface area contributed by atoms with Crippen LogP contribution in [0, 0.1) is 0 Å². The molecule has 0 spiro atoms. The first-order chi connectivity index (χ1) is 9.69. The first-order valence-corrected chi connectivity index (χ1v) is 7.37. The van der Waals surface area contributed by atoms with E-state index < -0.39 is 0 Å². The summed E-state index contributed by atoms with van der Waals surface area (Å²) in [6, 6.07) is 1.99. The number of hydrogen-bond acceptors (Lipinski definition) is 4. The quantitative estimate of drug-likeness (QED) is 0.879. The molecule has 2 rings (SSSR count). The smallest absolute Gasteiger partial charge is 0.142 e. The number of halogens is 1. The van der Waals surface area contributed by atoms with Gasteiger partial charge in [0.05, 0.1) is 35.7 Å². The van der Waals surface area contributed by atoms with Crippen LogP contribution in [0.4, 0.5) is 0 Å². The summed E-state index contributed by atoms with van der Waals surface area (Å²) in [7, 11) is 3.60. The van der Waals surface area contributed by atoms with E-state index in [-0.39, 0.29) is 6.04 Å². The summed E-state index contributed by atoms with van der Waals surface area (Å²) in [5.41, 5.74) is 2.13. The molecule has 1 N–H and O–H groups in total. The van der Waals surface area contributed by atoms with Crippen molar-refractivity contribution in [1.29, 1.82) is 0 Å². The third-order valence-corrected chi connectivity index (χ3v) is 3.77. The third-order valence-electron chi connectivity index (χ3n) is 3.16. The van der Waals surface area contributed by atoms with E-state index in [4.69, 9.17) is 4.74 Å². The molecule has 2 aromatic heterocycles. The van der Waals surface area contributed by atoms with Gasteiger partial charge in [-0.25, -0.2) is 0 Å². The molecule has 5 nitrogen and oxygen atoms in total. The molecule has 0 amide bonds. The lowest BCUT2D eigenvalue weighted by Gasteiger charge is -2.21. The van der Waals surface area contributed by atoms with Gasteiger partial charge in [0.25, 0.3) is 0 Å². The monoisotopic (exact) mass is 338 g/mol. The van der Waals surface area contributed by atoms with E-state index in [2.05, 4.69) is 38.3 Å². The second kappa shape index (κ2) is 6.85. The van der Waals surface area contributed by atoms with Gasteiger partial charge in [0.15, 0.2) is 0 Å². The summed E-state index contributed by atoms with van der Waals surface area (Å²) in [5.74, 6) is 0.772. The highest BCUT2D eigenvalue weighted by Crippen LogP contribution is 2.32. The van der Waals surface area contributed by atoms with Crippen molar-refractivity contribution in [3.05, 3.63) is 40.4 Å². The molecule has 0 radical (unpaired) electrons. The van der Waals surface area contributed by atoms with Gasteiger partial charge >= 0.3 is 0 Å². The highest BCUT2D eigenvalue weighted by atomic mass is 79.9. The number of methoxy groups -OCH3 is 1. The van der Waals surface area contributed by atoms with E-state index in [0.29, 0.717) is 0 Å². The minimum Gasteiger partial charge on any atom is -0.495 e. The van der Waals surface area contributed by atoms with Crippen LogP contribution in [0.25, 0.3) is 0 Å². The molecule has 0 fully saturated rings. The number of aromatic nitrogens is 3. The van der Waals surface area contributed by atoms with E-state index in [1.807, 2.05) is 24.0 Å². The lowest BCUT2D eigenvalue weighted by atomic mass is 10.0. The van der Waals surface area contributed by atoms with Gasteiger partial charge in [-0.05, 0) is 35.0 Å². The molecule has 0 aliphatic heterocycles. The number of aryl methyl sites for hydroxylation is 1. The average Bonchev–Trinajstić information content (AvgIpc) is 2.80. The van der Waals surface area contributed by atoms with Crippen molar-refractivity contribution in [2.24, 2.45) is 7.05 Å². The van der Waals surface area contributed by atoms with Gasteiger partial charge < -0.3 is 10.1 Å². The van der Waals surface area contributed by atoms with Gasteiger partial charge in [-0.3, -0.25) is 9.67 Å². The first-order valence-electron chi connectivity index (χ1n) is 6.57. The van der Waals surface area contributed by atoms with Crippen molar-refractivity contribution in [3.8, 4) is 5.75 Å². The molecule has 6 heteroatoms. The van der Waals surface area contributed by atoms with E-state index in [9.17, 15) is 0 Å². The summed E-state index contributed by atoms with van der Waals surface area (Å²) in [5, 5.41) is 7.85. The number of nitrogens with one attached hydrogen (secondary N) is 1. The minimum absolute atomic E-state index is 0.00905. The number of rotatable bonds is 6. The summed E-state index contributed by atoms with van der Waals surface area (Å²) in [6.07, 6.45) is 6.38. The maximum atomic E-state index is 5.44. The standard InChI is InChI=1S/C14H19BrN4O/c1-4-6-17-13(14-11(15)8-18-19(14)2)10-5-7-16-9-12(10)20-3/h5,7-9,13,17H,4,6H2,1-3H3. The van der Waals surface area contributed by atoms with Crippen LogP contribution in [0.1, 0.15) is 30.6 Å². The predicted octanol–water partition coefficient (Wildman–Crippen LogP) is 2.68. The van der Waals surface area contributed by atoms with Crippen molar-refractivity contribution in [1.82, 2.24) is 20.1 Å². The van der Waals surface area contributed by atoms with Crippen molar-refractivity contribution >= 4 is 15.9 Å². The number of pyridine rings is 1. The minimum atomic E-state index is 0.00905. The Morgan fingerprint density at radius 2 is 2.25 bits per heavy atom. The van der Waals surface area contributed by atoms with Gasteiger partial charge in [-0.1, -0.05) is 6.92 Å². The molecule has 2 aromatic rings. The topological polar surface area (TPSA) is 52.0 Å². The fourth-order valence-corrected chi connectivity index (χ4v) is 2.76. The van der Waals surface area contributed by atoms with Crippen LogP contribution in [0.5, 0.6) is 5.75 Å². The van der Waals surface area contributed by atoms with Crippen LogP contribution in [0.3, 0.4) is 0 Å². The summed E-state index contributed by atoms with van der Waals surface area (Å²) < 4.78 is 8.29. The van der Waals surface area contributed by atoms with Crippen LogP contribution in [-0.2, 0) is 7.05 Å². The lowest BCUT2D eigenvalue weighted by molar-refractivity contribution is 0.400. The van der Waals surface area contributed by atoms with Gasteiger partial charge in [0, 0.05) is 18.8 Å². The molecule has 108 valence electrons. The number of nitrogens with zero attached hydrogens (tertiary/aromatic N) is 3. The van der Waals surface area contributed by atoms with Crippen molar-refractivity contribution in [2.75, 3.05) is 13.7 Å². The molecule has 0 aromatic carbocycles. The zero-order valence-corrected chi connectivity index (χ0v) is 13.5. The molecule has 1 unspecified atom stereocenters. The van der Waals surface area contributed by atoms with Gasteiger partial charge in [-0.15, -0.1) is 0 Å². The molecular formula is C14H19BrN4O. The molecule has 0 aliphatic rings. The van der Waals surface area contributed by atoms with E-state index >= 15 is 0 Å². The molecule has 1 atom stereocenters. The molecule has 0 saturated carbocycles. The number of hydrogen-bond donors (Lipinski definition) is 1. The Morgan fingerprint density at radius 3 is 2.85 bits per heavy atom. The number of ether oxygens (including phenoxy) is 1. The largest absolute Gasteiger partial charge is 0.495 e. The molecular weight excluding hydrogens is 320 g/mol. The van der Waals surface area contributed by atoms with Crippen LogP contribution in [-0.4, -0.2) is 28.4 Å². The fraction of sp³-hybridized carbons (Fsp3) is 0.429. The SMILES string of the molecule is CCCNC(c1ccncc1OC)c1c(Br)cnn1C. The van der Waals surface area contributed by atoms with Gasteiger partial charge in [0.1, 0.15) is 5.75 Å². The van der Waals surface area contributed by atoms with Crippen LogP contribution in [0.2, 0.25) is 0 Å². The Balaban J connectivity index is 2.47. The second-order valence-corrected chi connectivity index (χ2v) is 5.36. The third kappa shape index (κ3) is 3.02. The highest BCUT2D eigenvalue weighted by Gasteiger charge is 2.23. The maximum absolute atomic E-state index is 5.44. The van der Waals surface area contributed by atoms with Gasteiger partial charge in [-0.2, -0.15) is 5.10 Å². The zero-order chi connectivity index (χ0) is 14.5. The first kappa shape index (κ1) is 15.0. The second-order valence-electron chi connectivity index (χ2n) is 4.51. The van der Waals surface area contributed by atoms with Crippen LogP contribution < -0.4 is 10.1 Å². The highest BCUT2D eigenvalue weighted by molar-refractivity contribution is 9.10. The van der Waals surface area contributed by atoms with Crippen molar-refractivity contribution in [2.45, 2.75) is 19.4 Å². The molecule has 0 aliphatic carbocycles. The van der Waals surface area contributed by atoms with E-state index in [1.54, 1.807) is 19.5 Å². The van der Waals surface area contributed by atoms with Gasteiger partial charge in [0.2, 0.25) is 0 Å². The normalized spacial score (nSPS) is 12.4. The fourth-order valence-electron chi connectivity index (χ4n) is 2.19. The summed E-state index contributed by atoms with van der Waals surface area (Å²) in [6.45, 7) is 3.06. The summed E-state index contributed by atoms with van der Waals surface area (Å²) >= 11 is 3.57. The van der Waals surface area contributed by atoms with E-state index in [0.717, 1.165) is 34.4 Å². The maximum Gasteiger partial charge on any atom is 0.142 e. The van der Waals surface area contributed by atoms with Crippen LogP contribution >= 0.6 is 15.9 Å². The lowest BCUT2D eigenvalue weighted by Crippen LogP contribution is -2.26. The molecule has 0 bridgehead atoms.